The van der Waals surface area contributed by atoms with Gasteiger partial charge in [-0.3, -0.25) is 0 Å². The molecule has 0 N–H and O–H groups in total. The van der Waals surface area contributed by atoms with E-state index in [9.17, 15) is 0 Å². The highest BCUT2D eigenvalue weighted by Crippen LogP contribution is 2.44. The lowest BCUT2D eigenvalue weighted by molar-refractivity contribution is 0.406. The van der Waals surface area contributed by atoms with E-state index >= 15 is 0 Å². The zero-order valence-electron chi connectivity index (χ0n) is 13.0. The molecular formula is C20H27I. The van der Waals surface area contributed by atoms with Gasteiger partial charge in [-0.2, -0.15) is 0 Å². The zero-order chi connectivity index (χ0) is 14.5. The Hall–Kier alpha value is -0.310. The zero-order valence-corrected chi connectivity index (χ0v) is 15.1. The molecule has 2 aliphatic carbocycles. The van der Waals surface area contributed by atoms with Crippen LogP contribution in [0.25, 0.3) is 5.57 Å². The van der Waals surface area contributed by atoms with Gasteiger partial charge < -0.3 is 0 Å². The third-order valence-electron chi connectivity index (χ3n) is 5.32. The van der Waals surface area contributed by atoms with Crippen molar-refractivity contribution in [2.45, 2.75) is 64.2 Å². The molecule has 1 heteroatoms. The molecule has 21 heavy (non-hydrogen) atoms. The fourth-order valence-electron chi connectivity index (χ4n) is 4.15. The lowest BCUT2D eigenvalue weighted by Crippen LogP contribution is -2.14. The first-order chi connectivity index (χ1) is 10.4. The number of hydrogen-bond donors (Lipinski definition) is 0. The fourth-order valence-corrected chi connectivity index (χ4v) is 5.53. The van der Waals surface area contributed by atoms with E-state index in [4.69, 9.17) is 0 Å². The van der Waals surface area contributed by atoms with Gasteiger partial charge in [0.25, 0.3) is 0 Å². The van der Waals surface area contributed by atoms with Crippen LogP contribution in [0.1, 0.15) is 69.8 Å². The van der Waals surface area contributed by atoms with Crippen molar-refractivity contribution in [2.24, 2.45) is 11.8 Å². The molecule has 0 spiro atoms. The quantitative estimate of drug-likeness (QED) is 0.485. The van der Waals surface area contributed by atoms with Crippen molar-refractivity contribution in [3.8, 4) is 0 Å². The predicted molar refractivity (Wildman–Crippen MR) is 101 cm³/mol. The minimum Gasteiger partial charge on any atom is -0.0622 e. The van der Waals surface area contributed by atoms with Gasteiger partial charge in [0.15, 0.2) is 0 Å². The molecule has 114 valence electrons. The summed E-state index contributed by atoms with van der Waals surface area (Å²) < 4.78 is 1.70. The molecule has 0 aromatic heterocycles. The largest absolute Gasteiger partial charge is 0.0622 e. The van der Waals surface area contributed by atoms with Crippen molar-refractivity contribution in [3.63, 3.8) is 0 Å². The van der Waals surface area contributed by atoms with Crippen molar-refractivity contribution < 1.29 is 0 Å². The van der Waals surface area contributed by atoms with E-state index in [1.54, 1.807) is 9.15 Å². The highest BCUT2D eigenvalue weighted by molar-refractivity contribution is 14.1. The van der Waals surface area contributed by atoms with Gasteiger partial charge in [-0.15, -0.1) is 0 Å². The van der Waals surface area contributed by atoms with Crippen LogP contribution in [0.5, 0.6) is 0 Å². The molecule has 1 aromatic rings. The Balaban J connectivity index is 1.93. The van der Waals surface area contributed by atoms with E-state index in [1.165, 1.54) is 69.8 Å². The first-order valence-electron chi connectivity index (χ1n) is 8.81. The van der Waals surface area contributed by atoms with Gasteiger partial charge in [0.1, 0.15) is 0 Å². The molecule has 2 saturated carbocycles. The van der Waals surface area contributed by atoms with Crippen molar-refractivity contribution >= 4 is 28.2 Å². The molecule has 3 rings (SSSR count). The van der Waals surface area contributed by atoms with E-state index in [0.29, 0.717) is 0 Å². The van der Waals surface area contributed by atoms with Crippen LogP contribution in [-0.2, 0) is 0 Å². The molecule has 0 aliphatic heterocycles. The molecular weight excluding hydrogens is 367 g/mol. The molecule has 0 bridgehead atoms. The maximum atomic E-state index is 2.71. The summed E-state index contributed by atoms with van der Waals surface area (Å²) in [5.74, 6) is 1.66. The third kappa shape index (κ3) is 3.91. The summed E-state index contributed by atoms with van der Waals surface area (Å²) in [5.41, 5.74) is 3.21. The van der Waals surface area contributed by atoms with Gasteiger partial charge in [0, 0.05) is 0 Å². The predicted octanol–water partition coefficient (Wildman–Crippen LogP) is 6.99. The second-order valence-corrected chi connectivity index (χ2v) is 7.96. The van der Waals surface area contributed by atoms with Crippen LogP contribution < -0.4 is 0 Å². The average Bonchev–Trinajstić information content (AvgIpc) is 2.58. The van der Waals surface area contributed by atoms with E-state index < -0.39 is 0 Å². The Bertz CT molecular complexity index is 462. The van der Waals surface area contributed by atoms with Crippen LogP contribution >= 0.6 is 22.6 Å². The Morgan fingerprint density at radius 2 is 1.24 bits per heavy atom. The highest BCUT2D eigenvalue weighted by Gasteiger charge is 2.26. The van der Waals surface area contributed by atoms with Crippen LogP contribution in [0.3, 0.4) is 0 Å². The Labute approximate surface area is 143 Å². The normalized spacial score (nSPS) is 22.9. The second-order valence-electron chi connectivity index (χ2n) is 6.80. The summed E-state index contributed by atoms with van der Waals surface area (Å²) in [6, 6.07) is 11.2. The summed E-state index contributed by atoms with van der Waals surface area (Å²) in [6.45, 7) is 0. The summed E-state index contributed by atoms with van der Waals surface area (Å²) in [5, 5.41) is 0. The summed E-state index contributed by atoms with van der Waals surface area (Å²) in [4.78, 5) is 0. The minimum absolute atomic E-state index is 0.815. The van der Waals surface area contributed by atoms with Gasteiger partial charge in [-0.1, -0.05) is 68.9 Å². The lowest BCUT2D eigenvalue weighted by atomic mass is 9.78. The first-order valence-corrected chi connectivity index (χ1v) is 9.89. The Morgan fingerprint density at radius 1 is 0.714 bits per heavy atom. The van der Waals surface area contributed by atoms with Gasteiger partial charge >= 0.3 is 0 Å². The topological polar surface area (TPSA) is 0 Å². The van der Waals surface area contributed by atoms with Crippen molar-refractivity contribution in [1.29, 1.82) is 0 Å². The maximum Gasteiger partial charge on any atom is -0.00223 e. The Morgan fingerprint density at radius 3 is 1.81 bits per heavy atom. The Kier molecular flexibility index (Phi) is 5.79. The van der Waals surface area contributed by atoms with Crippen molar-refractivity contribution in [1.82, 2.24) is 0 Å². The van der Waals surface area contributed by atoms with Crippen LogP contribution in [0.4, 0.5) is 0 Å². The molecule has 0 nitrogen and oxygen atoms in total. The molecule has 1 aromatic carbocycles. The van der Waals surface area contributed by atoms with Crippen LogP contribution in [0.2, 0.25) is 0 Å². The number of allylic oxidation sites excluding steroid dienone is 2. The van der Waals surface area contributed by atoms with E-state index in [2.05, 4.69) is 52.9 Å². The third-order valence-corrected chi connectivity index (χ3v) is 6.78. The SMILES string of the molecule is I/C(=C(\c1ccccc1)C1CCCCC1)C1CCCCC1. The number of benzene rings is 1. The van der Waals surface area contributed by atoms with Crippen molar-refractivity contribution in [3.05, 3.63) is 39.5 Å². The van der Waals surface area contributed by atoms with Gasteiger partial charge in [0.2, 0.25) is 0 Å². The molecule has 2 aliphatic rings. The first kappa shape index (κ1) is 15.6. The van der Waals surface area contributed by atoms with E-state index in [1.807, 2.05) is 0 Å². The van der Waals surface area contributed by atoms with Crippen molar-refractivity contribution in [2.75, 3.05) is 0 Å². The summed E-state index contributed by atoms with van der Waals surface area (Å²) in [6.07, 6.45) is 14.3. The van der Waals surface area contributed by atoms with E-state index in [-0.39, 0.29) is 0 Å². The molecule has 0 saturated heterocycles. The monoisotopic (exact) mass is 394 g/mol. The molecule has 2 fully saturated rings. The van der Waals surface area contributed by atoms with Crippen LogP contribution in [0, 0.1) is 11.8 Å². The molecule has 0 atom stereocenters. The van der Waals surface area contributed by atoms with Gasteiger partial charge in [0.05, 0.1) is 0 Å². The van der Waals surface area contributed by atoms with Crippen LogP contribution in [-0.4, -0.2) is 0 Å². The summed E-state index contributed by atoms with van der Waals surface area (Å²) in [7, 11) is 0. The maximum absolute atomic E-state index is 2.71. The number of rotatable bonds is 3. The lowest BCUT2D eigenvalue weighted by Gasteiger charge is -2.30. The molecule has 0 radical (unpaired) electrons. The molecule has 0 heterocycles. The highest BCUT2D eigenvalue weighted by atomic mass is 127. The standard InChI is InChI=1S/C20H27I/c21-20(18-14-8-3-9-15-18)19(16-10-4-1-5-11-16)17-12-6-2-7-13-17/h1,4-5,10-11,17-18H,2-3,6-9,12-15H2/b20-19+. The van der Waals surface area contributed by atoms with Gasteiger partial charge in [-0.25, -0.2) is 0 Å². The van der Waals surface area contributed by atoms with Crippen LogP contribution in [0.15, 0.2) is 33.9 Å². The molecule has 0 amide bonds. The van der Waals surface area contributed by atoms with Gasteiger partial charge in [-0.05, 0) is 74.8 Å². The number of halogens is 1. The second kappa shape index (κ2) is 7.80. The smallest absolute Gasteiger partial charge is 0.00223 e. The average molecular weight is 394 g/mol. The summed E-state index contributed by atoms with van der Waals surface area (Å²) >= 11 is 2.71. The van der Waals surface area contributed by atoms with E-state index in [0.717, 1.165) is 11.8 Å². The fraction of sp³-hybridized carbons (Fsp3) is 0.600. The molecule has 0 unspecified atom stereocenters. The minimum atomic E-state index is 0.815. The number of hydrogen-bond acceptors (Lipinski definition) is 0.